The van der Waals surface area contributed by atoms with Crippen LogP contribution in [0.4, 0.5) is 13.2 Å². The summed E-state index contributed by atoms with van der Waals surface area (Å²) in [6.07, 6.45) is -3.24. The van der Waals surface area contributed by atoms with Crippen LogP contribution in [0.2, 0.25) is 0 Å². The lowest BCUT2D eigenvalue weighted by atomic mass is 9.84. The molecule has 1 unspecified atom stereocenters. The average Bonchev–Trinajstić information content (AvgIpc) is 2.68. The van der Waals surface area contributed by atoms with Gasteiger partial charge in [0.05, 0.1) is 12.0 Å². The average molecular weight is 269 g/mol. The molecule has 106 valence electrons. The number of aliphatic carboxylic acids is 1. The molecule has 0 aromatic rings. The lowest BCUT2D eigenvalue weighted by Gasteiger charge is -2.23. The van der Waals surface area contributed by atoms with E-state index in [0.29, 0.717) is 32.5 Å². The van der Waals surface area contributed by atoms with Crippen LogP contribution in [0.25, 0.3) is 0 Å². The van der Waals surface area contributed by atoms with Gasteiger partial charge in [-0.25, -0.2) is 0 Å². The van der Waals surface area contributed by atoms with Crippen molar-refractivity contribution in [2.75, 3.05) is 32.8 Å². The van der Waals surface area contributed by atoms with Crippen LogP contribution in [0, 0.1) is 5.41 Å². The minimum atomic E-state index is -4.31. The summed E-state index contributed by atoms with van der Waals surface area (Å²) in [5.41, 5.74) is -0.746. The first kappa shape index (κ1) is 15.2. The highest BCUT2D eigenvalue weighted by atomic mass is 19.4. The molecular formula is C11H18F3NO3. The van der Waals surface area contributed by atoms with Gasteiger partial charge in [0.1, 0.15) is 6.61 Å². The van der Waals surface area contributed by atoms with Gasteiger partial charge in [0.2, 0.25) is 0 Å². The van der Waals surface area contributed by atoms with Gasteiger partial charge >= 0.3 is 12.1 Å². The predicted molar refractivity (Wildman–Crippen MR) is 58.3 cm³/mol. The quantitative estimate of drug-likeness (QED) is 0.746. The number of halogens is 3. The number of carboxylic acids is 1. The van der Waals surface area contributed by atoms with E-state index in [1.165, 1.54) is 0 Å². The molecule has 18 heavy (non-hydrogen) atoms. The van der Waals surface area contributed by atoms with Crippen LogP contribution in [0.5, 0.6) is 0 Å². The highest BCUT2D eigenvalue weighted by Gasteiger charge is 2.42. The number of ether oxygens (including phenoxy) is 1. The third kappa shape index (κ3) is 4.13. The zero-order valence-corrected chi connectivity index (χ0v) is 10.3. The minimum absolute atomic E-state index is 0.0288. The molecule has 1 rings (SSSR count). The van der Waals surface area contributed by atoms with Crippen LogP contribution in [-0.4, -0.2) is 55.0 Å². The Morgan fingerprint density at radius 3 is 2.61 bits per heavy atom. The Morgan fingerprint density at radius 2 is 2.17 bits per heavy atom. The van der Waals surface area contributed by atoms with Gasteiger partial charge in [-0.05, 0) is 19.4 Å². The lowest BCUT2D eigenvalue weighted by Crippen LogP contribution is -2.35. The number of hydrogen-bond donors (Lipinski definition) is 1. The molecular weight excluding hydrogens is 251 g/mol. The Bertz CT molecular complexity index is 296. The molecule has 0 aromatic heterocycles. The van der Waals surface area contributed by atoms with Gasteiger partial charge in [-0.3, -0.25) is 9.69 Å². The number of carbonyl (C=O) groups is 1. The van der Waals surface area contributed by atoms with Crippen molar-refractivity contribution in [3.63, 3.8) is 0 Å². The maximum atomic E-state index is 11.8. The van der Waals surface area contributed by atoms with Crippen molar-refractivity contribution in [3.8, 4) is 0 Å². The van der Waals surface area contributed by atoms with Crippen molar-refractivity contribution in [2.24, 2.45) is 5.41 Å². The summed E-state index contributed by atoms with van der Waals surface area (Å²) in [6.45, 7) is 1.85. The van der Waals surface area contributed by atoms with Crippen LogP contribution < -0.4 is 0 Å². The Balaban J connectivity index is 2.28. The van der Waals surface area contributed by atoms with Crippen molar-refractivity contribution in [1.29, 1.82) is 0 Å². The van der Waals surface area contributed by atoms with E-state index in [1.54, 1.807) is 0 Å². The number of carboxylic acid groups (broad SMARTS) is 1. The maximum absolute atomic E-state index is 11.8. The molecule has 1 aliphatic rings. The molecule has 1 heterocycles. The van der Waals surface area contributed by atoms with Crippen molar-refractivity contribution >= 4 is 5.97 Å². The van der Waals surface area contributed by atoms with Gasteiger partial charge in [0, 0.05) is 13.1 Å². The number of nitrogens with zero attached hydrogens (tertiary/aromatic N) is 1. The predicted octanol–water partition coefficient (Wildman–Crippen LogP) is 1.75. The Labute approximate surface area is 104 Å². The van der Waals surface area contributed by atoms with Gasteiger partial charge in [-0.1, -0.05) is 6.92 Å². The molecule has 1 fully saturated rings. The van der Waals surface area contributed by atoms with E-state index in [2.05, 4.69) is 4.74 Å². The summed E-state index contributed by atoms with van der Waals surface area (Å²) in [5, 5.41) is 9.15. The third-order valence-electron chi connectivity index (χ3n) is 3.38. The van der Waals surface area contributed by atoms with Crippen LogP contribution in [0.15, 0.2) is 0 Å². The Hall–Kier alpha value is -0.820. The molecule has 0 radical (unpaired) electrons. The van der Waals surface area contributed by atoms with E-state index in [4.69, 9.17) is 5.11 Å². The molecule has 1 atom stereocenters. The van der Waals surface area contributed by atoms with E-state index < -0.39 is 24.2 Å². The largest absolute Gasteiger partial charge is 0.481 e. The van der Waals surface area contributed by atoms with Crippen LogP contribution >= 0.6 is 0 Å². The summed E-state index contributed by atoms with van der Waals surface area (Å²) >= 11 is 0. The lowest BCUT2D eigenvalue weighted by molar-refractivity contribution is -0.174. The smallest absolute Gasteiger partial charge is 0.411 e. The van der Waals surface area contributed by atoms with E-state index in [-0.39, 0.29) is 6.61 Å². The summed E-state index contributed by atoms with van der Waals surface area (Å²) in [7, 11) is 0. The fraction of sp³-hybridized carbons (Fsp3) is 0.909. The molecule has 0 bridgehead atoms. The van der Waals surface area contributed by atoms with E-state index >= 15 is 0 Å². The third-order valence-corrected chi connectivity index (χ3v) is 3.38. The molecule has 0 amide bonds. The standard InChI is InChI=1S/C11H18F3NO3/c1-2-10(9(16)17)3-4-15(7-10)5-6-18-8-11(12,13)14/h2-8H2,1H3,(H,16,17). The summed E-state index contributed by atoms with van der Waals surface area (Å²) in [5.74, 6) is -0.830. The van der Waals surface area contributed by atoms with Crippen molar-refractivity contribution < 1.29 is 27.8 Å². The molecule has 1 saturated heterocycles. The molecule has 1 aliphatic heterocycles. The van der Waals surface area contributed by atoms with E-state index in [9.17, 15) is 18.0 Å². The zero-order chi connectivity index (χ0) is 13.8. The number of rotatable bonds is 6. The summed E-state index contributed by atoms with van der Waals surface area (Å²) < 4.78 is 40.0. The van der Waals surface area contributed by atoms with Crippen molar-refractivity contribution in [3.05, 3.63) is 0 Å². The van der Waals surface area contributed by atoms with Crippen molar-refractivity contribution in [1.82, 2.24) is 4.90 Å². The SMILES string of the molecule is CCC1(C(=O)O)CCN(CCOCC(F)(F)F)C1. The fourth-order valence-corrected chi connectivity index (χ4v) is 2.15. The summed E-state index contributed by atoms with van der Waals surface area (Å²) in [4.78, 5) is 13.0. The second-order valence-corrected chi connectivity index (χ2v) is 4.63. The number of likely N-dealkylation sites (tertiary alicyclic amines) is 1. The molecule has 0 saturated carbocycles. The van der Waals surface area contributed by atoms with Gasteiger partial charge in [-0.2, -0.15) is 13.2 Å². The molecule has 0 aliphatic carbocycles. The Kier molecular flexibility index (Phi) is 4.98. The number of alkyl halides is 3. The highest BCUT2D eigenvalue weighted by Crippen LogP contribution is 2.33. The Morgan fingerprint density at radius 1 is 1.50 bits per heavy atom. The van der Waals surface area contributed by atoms with Gasteiger partial charge in [0.15, 0.2) is 0 Å². The molecule has 1 N–H and O–H groups in total. The monoisotopic (exact) mass is 269 g/mol. The molecule has 7 heteroatoms. The fourth-order valence-electron chi connectivity index (χ4n) is 2.15. The van der Waals surface area contributed by atoms with Crippen LogP contribution in [0.1, 0.15) is 19.8 Å². The van der Waals surface area contributed by atoms with Gasteiger partial charge in [-0.15, -0.1) is 0 Å². The topological polar surface area (TPSA) is 49.8 Å². The molecule has 4 nitrogen and oxygen atoms in total. The van der Waals surface area contributed by atoms with E-state index in [1.807, 2.05) is 11.8 Å². The first-order chi connectivity index (χ1) is 8.29. The second kappa shape index (κ2) is 5.88. The minimum Gasteiger partial charge on any atom is -0.481 e. The van der Waals surface area contributed by atoms with Gasteiger partial charge in [0.25, 0.3) is 0 Å². The van der Waals surface area contributed by atoms with Crippen LogP contribution in [0.3, 0.4) is 0 Å². The van der Waals surface area contributed by atoms with Crippen LogP contribution in [-0.2, 0) is 9.53 Å². The number of hydrogen-bond acceptors (Lipinski definition) is 3. The first-order valence-corrected chi connectivity index (χ1v) is 5.89. The second-order valence-electron chi connectivity index (χ2n) is 4.63. The van der Waals surface area contributed by atoms with Crippen molar-refractivity contribution in [2.45, 2.75) is 25.9 Å². The highest BCUT2D eigenvalue weighted by molar-refractivity contribution is 5.75. The molecule has 0 aromatic carbocycles. The maximum Gasteiger partial charge on any atom is 0.411 e. The van der Waals surface area contributed by atoms with Gasteiger partial charge < -0.3 is 9.84 Å². The zero-order valence-electron chi connectivity index (χ0n) is 10.3. The molecule has 0 spiro atoms. The summed E-state index contributed by atoms with van der Waals surface area (Å²) in [6, 6.07) is 0. The van der Waals surface area contributed by atoms with E-state index in [0.717, 1.165) is 0 Å². The first-order valence-electron chi connectivity index (χ1n) is 5.89. The normalized spacial score (nSPS) is 25.6.